The first-order valence-electron chi connectivity index (χ1n) is 7.84. The Balaban J connectivity index is 2.84. The van der Waals surface area contributed by atoms with Gasteiger partial charge in [-0.25, -0.2) is 0 Å². The summed E-state index contributed by atoms with van der Waals surface area (Å²) in [6.07, 6.45) is -0.247. The third-order valence-electron chi connectivity index (χ3n) is 5.04. The molecule has 2 aliphatic carbocycles. The summed E-state index contributed by atoms with van der Waals surface area (Å²) in [5.41, 5.74) is -3.78. The van der Waals surface area contributed by atoms with E-state index in [4.69, 9.17) is 4.74 Å². The number of rotatable bonds is 5. The Morgan fingerprint density at radius 3 is 2.31 bits per heavy atom. The minimum absolute atomic E-state index is 0.128. The maximum Gasteiger partial charge on any atom is 0.320 e. The summed E-state index contributed by atoms with van der Waals surface area (Å²) in [7, 11) is 0. The number of allylic oxidation sites excluding steroid dienone is 1. The highest BCUT2D eigenvalue weighted by Gasteiger charge is 2.71. The highest BCUT2D eigenvalue weighted by Crippen LogP contribution is 2.51. The van der Waals surface area contributed by atoms with Crippen LogP contribution in [0, 0.1) is 47.9 Å². The molecule has 0 aromatic rings. The van der Waals surface area contributed by atoms with E-state index >= 15 is 0 Å². The van der Waals surface area contributed by atoms with Crippen LogP contribution in [0.15, 0.2) is 11.8 Å². The van der Waals surface area contributed by atoms with Crippen LogP contribution < -0.4 is 0 Å². The molecule has 0 saturated heterocycles. The molecule has 2 bridgehead atoms. The van der Waals surface area contributed by atoms with E-state index in [0.29, 0.717) is 6.08 Å². The molecule has 0 N–H and O–H groups in total. The molecule has 142 valence electrons. The van der Waals surface area contributed by atoms with Crippen molar-refractivity contribution in [3.05, 3.63) is 42.4 Å². The summed E-state index contributed by atoms with van der Waals surface area (Å²) in [5, 5.41) is 45.6. The van der Waals surface area contributed by atoms with Gasteiger partial charge in [0, 0.05) is 11.3 Å². The van der Waals surface area contributed by atoms with Gasteiger partial charge in [-0.3, -0.25) is 29.8 Å². The normalized spacial score (nSPS) is 30.4. The van der Waals surface area contributed by atoms with Gasteiger partial charge in [-0.15, -0.1) is 0 Å². The summed E-state index contributed by atoms with van der Waals surface area (Å²) in [5.74, 6) is -5.10. The fourth-order valence-electron chi connectivity index (χ4n) is 3.94. The molecule has 0 aliphatic heterocycles. The van der Waals surface area contributed by atoms with Crippen molar-refractivity contribution < 1.29 is 29.1 Å². The van der Waals surface area contributed by atoms with E-state index in [9.17, 15) is 40.2 Å². The highest BCUT2D eigenvalue weighted by molar-refractivity contribution is 6.09. The first kappa shape index (κ1) is 19.3. The lowest BCUT2D eigenvalue weighted by atomic mass is 9.55. The fraction of sp³-hybridized carbons (Fsp3) is 0.643. The molecule has 0 radical (unpaired) electrons. The molecule has 4 atom stereocenters. The molecule has 2 aliphatic rings. The monoisotopic (exact) mass is 370 g/mol. The maximum absolute atomic E-state index is 12.8. The van der Waals surface area contributed by atoms with Crippen molar-refractivity contribution in [2.45, 2.75) is 32.7 Å². The molecule has 1 fully saturated rings. The quantitative estimate of drug-likeness (QED) is 0.218. The van der Waals surface area contributed by atoms with E-state index in [0.717, 1.165) is 0 Å². The molecule has 0 aromatic heterocycles. The zero-order chi connectivity index (χ0) is 19.8. The zero-order valence-electron chi connectivity index (χ0n) is 13.9. The second-order valence-corrected chi connectivity index (χ2v) is 6.04. The number of ketones is 1. The summed E-state index contributed by atoms with van der Waals surface area (Å²) < 4.78 is 4.90. The lowest BCUT2D eigenvalue weighted by Crippen LogP contribution is -2.63. The molecular formula is C14H16N3O9-. The molecule has 0 spiro atoms. The lowest BCUT2D eigenvalue weighted by molar-refractivity contribution is -0.554. The topological polar surface area (TPSA) is 179 Å². The smallest absolute Gasteiger partial charge is 0.320 e. The van der Waals surface area contributed by atoms with Crippen LogP contribution in [0.4, 0.5) is 0 Å². The van der Waals surface area contributed by atoms with Gasteiger partial charge in [-0.2, -0.15) is 4.90 Å². The van der Waals surface area contributed by atoms with Crippen LogP contribution in [0.5, 0.6) is 0 Å². The average molecular weight is 370 g/mol. The Kier molecular flexibility index (Phi) is 4.96. The molecule has 4 unspecified atom stereocenters. The number of hydrogen-bond acceptors (Lipinski definition) is 9. The third kappa shape index (κ3) is 2.57. The number of nitrogens with zero attached hydrogens (tertiary/aromatic N) is 3. The van der Waals surface area contributed by atoms with Gasteiger partial charge in [0.1, 0.15) is 17.3 Å². The van der Waals surface area contributed by atoms with Crippen molar-refractivity contribution >= 4 is 17.5 Å². The standard InChI is InChI=1S/C14H16N3O9/c1-3-14(13(19)26-4-2)10(18)5-7-8(15(20)21)6-9(16(22)23)11(14)12(7)17(24)25/h6-7,11-12H,3-5H2,1-2H3/q-1. The van der Waals surface area contributed by atoms with Crippen molar-refractivity contribution in [3.63, 3.8) is 0 Å². The Bertz CT molecular complexity index is 740. The Morgan fingerprint density at radius 1 is 1.27 bits per heavy atom. The zero-order valence-corrected chi connectivity index (χ0v) is 13.9. The number of esters is 1. The number of hydrogen-bond donors (Lipinski definition) is 0. The van der Waals surface area contributed by atoms with Gasteiger partial charge in [-0.1, -0.05) is 6.92 Å². The van der Waals surface area contributed by atoms with Crippen LogP contribution in [0.3, 0.4) is 0 Å². The number of fused-ring (bicyclic) bond motifs is 2. The van der Waals surface area contributed by atoms with Gasteiger partial charge in [0.15, 0.2) is 5.78 Å². The molecule has 0 heterocycles. The number of carbonyl (C=O) groups is 2. The van der Waals surface area contributed by atoms with Gasteiger partial charge in [0.05, 0.1) is 17.6 Å². The largest absolute Gasteiger partial charge is 0.612 e. The van der Waals surface area contributed by atoms with Gasteiger partial charge in [-0.05, 0) is 13.3 Å². The minimum atomic E-state index is -2.12. The Morgan fingerprint density at radius 2 is 1.88 bits per heavy atom. The van der Waals surface area contributed by atoms with Crippen LogP contribution in [-0.4, -0.2) is 44.9 Å². The summed E-state index contributed by atoms with van der Waals surface area (Å²) in [6.45, 7) is 2.74. The molecular weight excluding hydrogens is 354 g/mol. The van der Waals surface area contributed by atoms with Gasteiger partial charge >= 0.3 is 5.97 Å². The molecule has 1 saturated carbocycles. The Labute approximate surface area is 146 Å². The van der Waals surface area contributed by atoms with Gasteiger partial charge < -0.3 is 15.2 Å². The van der Waals surface area contributed by atoms with E-state index in [2.05, 4.69) is 0 Å². The van der Waals surface area contributed by atoms with Crippen LogP contribution in [0.25, 0.3) is 0 Å². The summed E-state index contributed by atoms with van der Waals surface area (Å²) in [6, 6.07) is -1.84. The van der Waals surface area contributed by atoms with E-state index in [1.807, 2.05) is 0 Å². The van der Waals surface area contributed by atoms with Crippen molar-refractivity contribution in [3.8, 4) is 0 Å². The second-order valence-electron chi connectivity index (χ2n) is 6.04. The van der Waals surface area contributed by atoms with E-state index < -0.39 is 67.6 Å². The van der Waals surface area contributed by atoms with E-state index in [-0.39, 0.29) is 13.0 Å². The van der Waals surface area contributed by atoms with Crippen molar-refractivity contribution in [1.82, 2.24) is 0 Å². The summed E-state index contributed by atoms with van der Waals surface area (Å²) in [4.78, 5) is 45.6. The third-order valence-corrected chi connectivity index (χ3v) is 5.04. The van der Waals surface area contributed by atoms with Gasteiger partial charge in [0.2, 0.25) is 11.8 Å². The lowest BCUT2D eigenvalue weighted by Gasteiger charge is -2.43. The first-order valence-corrected chi connectivity index (χ1v) is 7.84. The van der Waals surface area contributed by atoms with Crippen LogP contribution in [0.1, 0.15) is 26.7 Å². The van der Waals surface area contributed by atoms with E-state index in [1.165, 1.54) is 13.8 Å². The second kappa shape index (κ2) is 6.69. The SMILES string of the molecule is CCOC(=O)C1(CC)C(=O)CC2C(=[N+]([O-])[O-])C=C([N+](=O)[O-])C1C2[N+](=O)[O-]. The number of ether oxygens (including phenoxy) is 1. The number of Topliss-reactive ketones (excluding diaryl/α,β-unsaturated/α-hetero) is 1. The maximum atomic E-state index is 12.8. The number of carbonyl (C=O) groups excluding carboxylic acids is 2. The van der Waals surface area contributed by atoms with Crippen LogP contribution in [0.2, 0.25) is 0 Å². The van der Waals surface area contributed by atoms with E-state index in [1.54, 1.807) is 0 Å². The molecule has 12 nitrogen and oxygen atoms in total. The molecule has 12 heteroatoms. The molecule has 26 heavy (non-hydrogen) atoms. The fourth-order valence-corrected chi connectivity index (χ4v) is 3.94. The summed E-state index contributed by atoms with van der Waals surface area (Å²) >= 11 is 0. The van der Waals surface area contributed by atoms with Crippen molar-refractivity contribution in [2.24, 2.45) is 17.3 Å². The van der Waals surface area contributed by atoms with Crippen LogP contribution in [-0.2, 0) is 14.3 Å². The minimum Gasteiger partial charge on any atom is -0.612 e. The number of nitro groups is 2. The average Bonchev–Trinajstić information content (AvgIpc) is 2.54. The molecule has 2 rings (SSSR count). The van der Waals surface area contributed by atoms with Crippen LogP contribution >= 0.6 is 0 Å². The highest BCUT2D eigenvalue weighted by atomic mass is 16.8. The predicted molar refractivity (Wildman–Crippen MR) is 83.8 cm³/mol. The molecule has 0 aromatic carbocycles. The first-order chi connectivity index (χ1) is 12.1. The Hall–Kier alpha value is -3.05. The van der Waals surface area contributed by atoms with Gasteiger partial charge in [0.25, 0.3) is 5.70 Å². The molecule has 0 amide bonds. The van der Waals surface area contributed by atoms with Crippen molar-refractivity contribution in [1.29, 1.82) is 0 Å². The predicted octanol–water partition coefficient (Wildman–Crippen LogP) is 0.420. The van der Waals surface area contributed by atoms with Crippen molar-refractivity contribution in [2.75, 3.05) is 6.61 Å².